The maximum Gasteiger partial charge on any atom is 0.161 e. The van der Waals surface area contributed by atoms with Crippen LogP contribution in [0, 0.1) is 5.92 Å². The molecule has 2 N–H and O–H groups in total. The summed E-state index contributed by atoms with van der Waals surface area (Å²) in [6, 6.07) is 9.65. The molecule has 0 atom stereocenters. The second-order valence-corrected chi connectivity index (χ2v) is 5.90. The zero-order valence-corrected chi connectivity index (χ0v) is 13.1. The number of benzene rings is 1. The molecule has 0 bridgehead atoms. The van der Waals surface area contributed by atoms with Crippen LogP contribution in [0.2, 0.25) is 0 Å². The largest absolute Gasteiger partial charge is 0.491 e. The topological polar surface area (TPSA) is 61.0 Å². The predicted molar refractivity (Wildman–Crippen MR) is 86.2 cm³/mol. The van der Waals surface area contributed by atoms with Gasteiger partial charge in [0.2, 0.25) is 0 Å². The maximum absolute atomic E-state index is 5.91. The third-order valence-corrected chi connectivity index (χ3v) is 2.88. The van der Waals surface area contributed by atoms with Crippen LogP contribution in [0.4, 0.5) is 5.82 Å². The van der Waals surface area contributed by atoms with E-state index in [0.29, 0.717) is 17.6 Å². The number of hydrogen-bond acceptors (Lipinski definition) is 4. The Morgan fingerprint density at radius 3 is 2.52 bits per heavy atom. The van der Waals surface area contributed by atoms with Crippen molar-refractivity contribution < 1.29 is 4.74 Å². The molecule has 0 aliphatic carbocycles. The Morgan fingerprint density at radius 2 is 1.86 bits per heavy atom. The standard InChI is InChI=1S/C17H23N3O/c1-11(2)8-14-10-16(18)20-17(19-14)13-6-5-7-15(9-13)21-12(3)4/h5-7,9-12H,8H2,1-4H3,(H2,18,19,20). The van der Waals surface area contributed by atoms with Crippen LogP contribution in [-0.2, 0) is 6.42 Å². The number of anilines is 1. The van der Waals surface area contributed by atoms with E-state index in [0.717, 1.165) is 23.4 Å². The van der Waals surface area contributed by atoms with Gasteiger partial charge in [0.15, 0.2) is 5.82 Å². The summed E-state index contributed by atoms with van der Waals surface area (Å²) in [5.41, 5.74) is 7.81. The first-order chi connectivity index (χ1) is 9.94. The lowest BCUT2D eigenvalue weighted by Gasteiger charge is -2.11. The average Bonchev–Trinajstić information content (AvgIpc) is 2.36. The summed E-state index contributed by atoms with van der Waals surface area (Å²) in [6.07, 6.45) is 1.03. The Bertz CT molecular complexity index is 609. The molecule has 0 radical (unpaired) electrons. The number of nitrogens with zero attached hydrogens (tertiary/aromatic N) is 2. The van der Waals surface area contributed by atoms with Crippen LogP contribution in [-0.4, -0.2) is 16.1 Å². The van der Waals surface area contributed by atoms with Gasteiger partial charge in [-0.1, -0.05) is 26.0 Å². The Kier molecular flexibility index (Phi) is 4.78. The molecule has 112 valence electrons. The molecule has 0 spiro atoms. The van der Waals surface area contributed by atoms with Crippen LogP contribution in [0.3, 0.4) is 0 Å². The van der Waals surface area contributed by atoms with E-state index in [1.54, 1.807) is 0 Å². The minimum atomic E-state index is 0.138. The molecule has 0 saturated carbocycles. The van der Waals surface area contributed by atoms with Gasteiger partial charge in [0.05, 0.1) is 6.10 Å². The monoisotopic (exact) mass is 285 g/mol. The minimum absolute atomic E-state index is 0.138. The number of ether oxygens (including phenoxy) is 1. The van der Waals surface area contributed by atoms with E-state index in [2.05, 4.69) is 23.8 Å². The molecule has 0 saturated heterocycles. The van der Waals surface area contributed by atoms with Gasteiger partial charge in [0, 0.05) is 17.3 Å². The van der Waals surface area contributed by atoms with Crippen molar-refractivity contribution in [3.63, 3.8) is 0 Å². The van der Waals surface area contributed by atoms with Crippen molar-refractivity contribution in [1.29, 1.82) is 0 Å². The van der Waals surface area contributed by atoms with Crippen LogP contribution in [0.25, 0.3) is 11.4 Å². The molecule has 4 heteroatoms. The molecular weight excluding hydrogens is 262 g/mol. The fourth-order valence-corrected chi connectivity index (χ4v) is 2.15. The van der Waals surface area contributed by atoms with Gasteiger partial charge in [-0.3, -0.25) is 0 Å². The summed E-state index contributed by atoms with van der Waals surface area (Å²) in [4.78, 5) is 8.96. The molecule has 0 amide bonds. The van der Waals surface area contributed by atoms with Crippen LogP contribution < -0.4 is 10.5 Å². The van der Waals surface area contributed by atoms with Crippen molar-refractivity contribution >= 4 is 5.82 Å². The van der Waals surface area contributed by atoms with Crippen molar-refractivity contribution in [2.45, 2.75) is 40.2 Å². The first kappa shape index (κ1) is 15.3. The average molecular weight is 285 g/mol. The van der Waals surface area contributed by atoms with Crippen LogP contribution >= 0.6 is 0 Å². The second kappa shape index (κ2) is 6.57. The highest BCUT2D eigenvalue weighted by molar-refractivity contribution is 5.59. The lowest BCUT2D eigenvalue weighted by atomic mass is 10.1. The van der Waals surface area contributed by atoms with Crippen LogP contribution in [0.5, 0.6) is 5.75 Å². The first-order valence-electron chi connectivity index (χ1n) is 7.34. The van der Waals surface area contributed by atoms with Crippen molar-refractivity contribution in [3.8, 4) is 17.1 Å². The van der Waals surface area contributed by atoms with Gasteiger partial charge < -0.3 is 10.5 Å². The lowest BCUT2D eigenvalue weighted by molar-refractivity contribution is 0.242. The third kappa shape index (κ3) is 4.45. The van der Waals surface area contributed by atoms with Gasteiger partial charge in [-0.2, -0.15) is 0 Å². The van der Waals surface area contributed by atoms with Gasteiger partial charge in [-0.15, -0.1) is 0 Å². The van der Waals surface area contributed by atoms with Crippen LogP contribution in [0.15, 0.2) is 30.3 Å². The highest BCUT2D eigenvalue weighted by atomic mass is 16.5. The van der Waals surface area contributed by atoms with E-state index in [9.17, 15) is 0 Å². The number of aromatic nitrogens is 2. The van der Waals surface area contributed by atoms with Crippen LogP contribution in [0.1, 0.15) is 33.4 Å². The Balaban J connectivity index is 2.34. The third-order valence-electron chi connectivity index (χ3n) is 2.88. The van der Waals surface area contributed by atoms with Crippen molar-refractivity contribution in [2.75, 3.05) is 5.73 Å². The molecule has 0 unspecified atom stereocenters. The molecular formula is C17H23N3O. The smallest absolute Gasteiger partial charge is 0.161 e. The molecule has 1 aromatic heterocycles. The normalized spacial score (nSPS) is 11.1. The van der Waals surface area contributed by atoms with E-state index in [-0.39, 0.29) is 6.10 Å². The zero-order valence-electron chi connectivity index (χ0n) is 13.1. The molecule has 0 aliphatic rings. The zero-order chi connectivity index (χ0) is 15.4. The summed E-state index contributed by atoms with van der Waals surface area (Å²) in [5, 5.41) is 0. The summed E-state index contributed by atoms with van der Waals surface area (Å²) in [5.74, 6) is 2.51. The van der Waals surface area contributed by atoms with Gasteiger partial charge in [-0.05, 0) is 38.3 Å². The lowest BCUT2D eigenvalue weighted by Crippen LogP contribution is -2.06. The molecule has 1 heterocycles. The van der Waals surface area contributed by atoms with Gasteiger partial charge in [0.1, 0.15) is 11.6 Å². The van der Waals surface area contributed by atoms with E-state index >= 15 is 0 Å². The number of nitrogen functional groups attached to an aromatic ring is 1. The second-order valence-electron chi connectivity index (χ2n) is 5.90. The maximum atomic E-state index is 5.91. The fourth-order valence-electron chi connectivity index (χ4n) is 2.15. The Hall–Kier alpha value is -2.10. The Morgan fingerprint density at radius 1 is 1.10 bits per heavy atom. The number of rotatable bonds is 5. The number of hydrogen-bond donors (Lipinski definition) is 1. The summed E-state index contributed by atoms with van der Waals surface area (Å²) >= 11 is 0. The quantitative estimate of drug-likeness (QED) is 0.909. The summed E-state index contributed by atoms with van der Waals surface area (Å²) in [6.45, 7) is 8.33. The SMILES string of the molecule is CC(C)Cc1cc(N)nc(-c2cccc(OC(C)C)c2)n1. The minimum Gasteiger partial charge on any atom is -0.491 e. The highest BCUT2D eigenvalue weighted by Crippen LogP contribution is 2.23. The number of nitrogens with two attached hydrogens (primary N) is 1. The first-order valence-corrected chi connectivity index (χ1v) is 7.34. The van der Waals surface area contributed by atoms with Crippen molar-refractivity contribution in [1.82, 2.24) is 9.97 Å². The predicted octanol–water partition coefficient (Wildman–Crippen LogP) is 3.71. The van der Waals surface area contributed by atoms with Gasteiger partial charge in [0.25, 0.3) is 0 Å². The van der Waals surface area contributed by atoms with E-state index in [4.69, 9.17) is 10.5 Å². The molecule has 4 nitrogen and oxygen atoms in total. The Labute approximate surface area is 126 Å². The van der Waals surface area contributed by atoms with E-state index in [1.807, 2.05) is 44.2 Å². The van der Waals surface area contributed by atoms with E-state index < -0.39 is 0 Å². The molecule has 21 heavy (non-hydrogen) atoms. The summed E-state index contributed by atoms with van der Waals surface area (Å²) in [7, 11) is 0. The fraction of sp³-hybridized carbons (Fsp3) is 0.412. The molecule has 0 fully saturated rings. The van der Waals surface area contributed by atoms with Gasteiger partial charge in [-0.25, -0.2) is 9.97 Å². The van der Waals surface area contributed by atoms with Crippen molar-refractivity contribution in [3.05, 3.63) is 36.0 Å². The van der Waals surface area contributed by atoms with Gasteiger partial charge >= 0.3 is 0 Å². The molecule has 2 aromatic rings. The van der Waals surface area contributed by atoms with Crippen molar-refractivity contribution in [2.24, 2.45) is 5.92 Å². The molecule has 0 aliphatic heterocycles. The van der Waals surface area contributed by atoms with E-state index in [1.165, 1.54) is 0 Å². The molecule has 2 rings (SSSR count). The highest BCUT2D eigenvalue weighted by Gasteiger charge is 2.08. The molecule has 1 aromatic carbocycles. The summed E-state index contributed by atoms with van der Waals surface area (Å²) < 4.78 is 5.71.